The Balaban J connectivity index is 2.30. The molecule has 2 aromatic rings. The number of hydrogen-bond acceptors (Lipinski definition) is 6. The average Bonchev–Trinajstić information content (AvgIpc) is 2.59. The van der Waals surface area contributed by atoms with Crippen molar-refractivity contribution in [3.05, 3.63) is 47.5 Å². The Morgan fingerprint density at radius 3 is 2.54 bits per heavy atom. The van der Waals surface area contributed by atoms with Crippen molar-refractivity contribution in [1.82, 2.24) is 19.9 Å². The number of methoxy groups -OCH3 is 1. The van der Waals surface area contributed by atoms with Gasteiger partial charge in [0, 0.05) is 40.6 Å². The molecule has 24 heavy (non-hydrogen) atoms. The first-order valence-corrected chi connectivity index (χ1v) is 7.63. The van der Waals surface area contributed by atoms with E-state index in [1.54, 1.807) is 36.4 Å². The summed E-state index contributed by atoms with van der Waals surface area (Å²) in [6.45, 7) is 2.16. The average molecular weight is 329 g/mol. The number of carbonyl (C=O) groups is 1. The van der Waals surface area contributed by atoms with Gasteiger partial charge in [0.15, 0.2) is 0 Å². The van der Waals surface area contributed by atoms with Gasteiger partial charge in [-0.2, -0.15) is 0 Å². The maximum Gasteiger partial charge on any atom is 0.257 e. The SMILES string of the molecule is COC[C@H](c1ccccn1)N(C)C(=O)c1cnc(N(C)C)nc1C. The van der Waals surface area contributed by atoms with Gasteiger partial charge in [-0.3, -0.25) is 9.78 Å². The van der Waals surface area contributed by atoms with Gasteiger partial charge in [0.05, 0.1) is 29.6 Å². The van der Waals surface area contributed by atoms with Gasteiger partial charge >= 0.3 is 0 Å². The van der Waals surface area contributed by atoms with E-state index in [1.807, 2.05) is 39.2 Å². The van der Waals surface area contributed by atoms with Gasteiger partial charge < -0.3 is 14.5 Å². The molecule has 0 fully saturated rings. The van der Waals surface area contributed by atoms with E-state index >= 15 is 0 Å². The van der Waals surface area contributed by atoms with E-state index in [2.05, 4.69) is 15.0 Å². The molecule has 0 N–H and O–H groups in total. The second-order valence-corrected chi connectivity index (χ2v) is 5.71. The van der Waals surface area contributed by atoms with Crippen LogP contribution in [0.3, 0.4) is 0 Å². The second-order valence-electron chi connectivity index (χ2n) is 5.71. The quantitative estimate of drug-likeness (QED) is 0.803. The second kappa shape index (κ2) is 7.83. The van der Waals surface area contributed by atoms with Crippen LogP contribution in [0.2, 0.25) is 0 Å². The lowest BCUT2D eigenvalue weighted by atomic mass is 10.1. The standard InChI is InChI=1S/C17H23N5O2/c1-12-13(10-19-17(20-12)21(2)3)16(23)22(4)15(11-24-5)14-8-6-7-9-18-14/h6-10,15H,11H2,1-5H3/t15-/m1/s1. The summed E-state index contributed by atoms with van der Waals surface area (Å²) in [7, 11) is 7.06. The van der Waals surface area contributed by atoms with Gasteiger partial charge in [-0.1, -0.05) is 6.07 Å². The van der Waals surface area contributed by atoms with Gasteiger partial charge in [-0.05, 0) is 19.1 Å². The summed E-state index contributed by atoms with van der Waals surface area (Å²) < 4.78 is 5.27. The van der Waals surface area contributed by atoms with Crippen molar-refractivity contribution >= 4 is 11.9 Å². The highest BCUT2D eigenvalue weighted by atomic mass is 16.5. The molecule has 2 rings (SSSR count). The Morgan fingerprint density at radius 2 is 2.00 bits per heavy atom. The topological polar surface area (TPSA) is 71.5 Å². The molecule has 2 aromatic heterocycles. The first kappa shape index (κ1) is 17.8. The number of aryl methyl sites for hydroxylation is 1. The van der Waals surface area contributed by atoms with Crippen molar-refractivity contribution < 1.29 is 9.53 Å². The zero-order valence-corrected chi connectivity index (χ0v) is 14.7. The highest BCUT2D eigenvalue weighted by molar-refractivity contribution is 5.95. The van der Waals surface area contributed by atoms with E-state index < -0.39 is 0 Å². The van der Waals surface area contributed by atoms with Crippen LogP contribution in [-0.4, -0.2) is 60.6 Å². The molecule has 0 aliphatic heterocycles. The van der Waals surface area contributed by atoms with E-state index in [1.165, 1.54) is 0 Å². The maximum atomic E-state index is 12.9. The fraction of sp³-hybridized carbons (Fsp3) is 0.412. The third-order valence-corrected chi connectivity index (χ3v) is 3.74. The fourth-order valence-electron chi connectivity index (χ4n) is 2.34. The molecule has 2 heterocycles. The van der Waals surface area contributed by atoms with Crippen LogP contribution in [-0.2, 0) is 4.74 Å². The van der Waals surface area contributed by atoms with Gasteiger partial charge in [0.25, 0.3) is 5.91 Å². The Kier molecular flexibility index (Phi) is 5.81. The molecule has 7 heteroatoms. The van der Waals surface area contributed by atoms with E-state index in [9.17, 15) is 4.79 Å². The van der Waals surface area contributed by atoms with Crippen LogP contribution < -0.4 is 4.90 Å². The summed E-state index contributed by atoms with van der Waals surface area (Å²) in [5.41, 5.74) is 1.89. The predicted molar refractivity (Wildman–Crippen MR) is 92.0 cm³/mol. The lowest BCUT2D eigenvalue weighted by molar-refractivity contribution is 0.0593. The molecule has 0 radical (unpaired) electrons. The van der Waals surface area contributed by atoms with Crippen LogP contribution in [0.5, 0.6) is 0 Å². The number of likely N-dealkylation sites (N-methyl/N-ethyl adjacent to an activating group) is 1. The van der Waals surface area contributed by atoms with Crippen molar-refractivity contribution in [1.29, 1.82) is 0 Å². The van der Waals surface area contributed by atoms with E-state index in [-0.39, 0.29) is 11.9 Å². The summed E-state index contributed by atoms with van der Waals surface area (Å²) in [4.78, 5) is 29.3. The van der Waals surface area contributed by atoms with Crippen molar-refractivity contribution in [3.8, 4) is 0 Å². The van der Waals surface area contributed by atoms with E-state index in [0.29, 0.717) is 23.8 Å². The Labute approximate surface area is 142 Å². The zero-order chi connectivity index (χ0) is 17.7. The smallest absolute Gasteiger partial charge is 0.257 e. The molecule has 0 aliphatic rings. The van der Waals surface area contributed by atoms with Gasteiger partial charge in [0.1, 0.15) is 0 Å². The van der Waals surface area contributed by atoms with Crippen molar-refractivity contribution in [2.24, 2.45) is 0 Å². The molecule has 7 nitrogen and oxygen atoms in total. The summed E-state index contributed by atoms with van der Waals surface area (Å²) in [6, 6.07) is 5.33. The van der Waals surface area contributed by atoms with Crippen LogP contribution in [0.1, 0.15) is 27.8 Å². The molecule has 0 saturated carbocycles. The van der Waals surface area contributed by atoms with Gasteiger partial charge in [0.2, 0.25) is 5.95 Å². The van der Waals surface area contributed by atoms with E-state index in [4.69, 9.17) is 4.74 Å². The first-order valence-electron chi connectivity index (χ1n) is 7.63. The minimum absolute atomic E-state index is 0.162. The number of amides is 1. The summed E-state index contributed by atoms with van der Waals surface area (Å²) in [6.07, 6.45) is 3.27. The molecule has 0 bridgehead atoms. The number of pyridine rings is 1. The van der Waals surface area contributed by atoms with E-state index in [0.717, 1.165) is 5.69 Å². The van der Waals surface area contributed by atoms with Crippen LogP contribution in [0.4, 0.5) is 5.95 Å². The van der Waals surface area contributed by atoms with Crippen LogP contribution in [0.25, 0.3) is 0 Å². The molecule has 0 unspecified atom stereocenters. The number of ether oxygens (including phenoxy) is 1. The maximum absolute atomic E-state index is 12.9. The highest BCUT2D eigenvalue weighted by Gasteiger charge is 2.25. The molecule has 0 spiro atoms. The number of rotatable bonds is 6. The minimum Gasteiger partial charge on any atom is -0.382 e. The number of carbonyl (C=O) groups excluding carboxylic acids is 1. The highest BCUT2D eigenvalue weighted by Crippen LogP contribution is 2.21. The Hall–Kier alpha value is -2.54. The third-order valence-electron chi connectivity index (χ3n) is 3.74. The van der Waals surface area contributed by atoms with Gasteiger partial charge in [-0.15, -0.1) is 0 Å². The molecule has 0 aromatic carbocycles. The lowest BCUT2D eigenvalue weighted by Gasteiger charge is -2.27. The molecular weight excluding hydrogens is 306 g/mol. The zero-order valence-electron chi connectivity index (χ0n) is 14.7. The number of aromatic nitrogens is 3. The van der Waals surface area contributed by atoms with Gasteiger partial charge in [-0.25, -0.2) is 9.97 Å². The third kappa shape index (κ3) is 3.86. The van der Waals surface area contributed by atoms with Crippen molar-refractivity contribution in [2.45, 2.75) is 13.0 Å². The molecule has 128 valence electrons. The largest absolute Gasteiger partial charge is 0.382 e. The van der Waals surface area contributed by atoms with Crippen molar-refractivity contribution in [2.75, 3.05) is 39.8 Å². The number of anilines is 1. The van der Waals surface area contributed by atoms with Crippen molar-refractivity contribution in [3.63, 3.8) is 0 Å². The fourth-order valence-corrected chi connectivity index (χ4v) is 2.34. The number of nitrogens with zero attached hydrogens (tertiary/aromatic N) is 5. The van der Waals surface area contributed by atoms with Crippen LogP contribution in [0.15, 0.2) is 30.6 Å². The predicted octanol–water partition coefficient (Wildman–Crippen LogP) is 1.71. The minimum atomic E-state index is -0.281. The first-order chi connectivity index (χ1) is 11.5. The molecular formula is C17H23N5O2. The lowest BCUT2D eigenvalue weighted by Crippen LogP contribution is -2.35. The molecule has 0 saturated heterocycles. The molecule has 1 atom stereocenters. The Bertz CT molecular complexity index is 691. The summed E-state index contributed by atoms with van der Waals surface area (Å²) in [5.74, 6) is 0.412. The Morgan fingerprint density at radius 1 is 1.25 bits per heavy atom. The monoisotopic (exact) mass is 329 g/mol. The molecule has 1 amide bonds. The molecule has 0 aliphatic carbocycles. The van der Waals surface area contributed by atoms with Crippen LogP contribution >= 0.6 is 0 Å². The number of hydrogen-bond donors (Lipinski definition) is 0. The normalized spacial score (nSPS) is 11.9. The van der Waals surface area contributed by atoms with Crippen LogP contribution in [0, 0.1) is 6.92 Å². The summed E-state index contributed by atoms with van der Waals surface area (Å²) >= 11 is 0. The summed E-state index contributed by atoms with van der Waals surface area (Å²) in [5, 5.41) is 0.